The van der Waals surface area contributed by atoms with Crippen LogP contribution in [0.15, 0.2) is 77.6 Å². The SMILES string of the molecule is CC(C)(C)OC(=O)c1cccc(CN2CN(c3ccccc3)C3(CCN(CCCn4c(=O)[nH]c5ccc(Cl)cc54)CC3)C2=O)c1. The zero-order chi connectivity index (χ0) is 31.8. The molecule has 0 atom stereocenters. The number of carbonyl (C=O) groups is 2. The van der Waals surface area contributed by atoms with Gasteiger partial charge in [0.15, 0.2) is 0 Å². The molecule has 1 spiro atoms. The molecule has 0 unspecified atom stereocenters. The maximum atomic E-state index is 14.3. The van der Waals surface area contributed by atoms with Crippen LogP contribution in [-0.2, 0) is 22.6 Å². The van der Waals surface area contributed by atoms with Gasteiger partial charge in [-0.1, -0.05) is 41.9 Å². The van der Waals surface area contributed by atoms with Crippen molar-refractivity contribution in [3.8, 4) is 0 Å². The minimum atomic E-state index is -0.634. The Morgan fingerprint density at radius 1 is 0.956 bits per heavy atom. The molecule has 1 amide bonds. The largest absolute Gasteiger partial charge is 0.456 e. The van der Waals surface area contributed by atoms with Crippen molar-refractivity contribution in [3.63, 3.8) is 0 Å². The predicted octanol–water partition coefficient (Wildman–Crippen LogP) is 5.67. The lowest BCUT2D eigenvalue weighted by molar-refractivity contribution is -0.134. The number of imidazole rings is 1. The number of aryl methyl sites for hydroxylation is 1. The minimum absolute atomic E-state index is 0.121. The summed E-state index contributed by atoms with van der Waals surface area (Å²) in [5.41, 5.74) is 2.66. The molecule has 4 aromatic rings. The number of aromatic nitrogens is 2. The van der Waals surface area contributed by atoms with E-state index in [4.69, 9.17) is 16.3 Å². The number of rotatable bonds is 8. The van der Waals surface area contributed by atoms with Crippen LogP contribution >= 0.6 is 11.6 Å². The molecule has 0 radical (unpaired) electrons. The highest BCUT2D eigenvalue weighted by Crippen LogP contribution is 2.40. The third-order valence-electron chi connectivity index (χ3n) is 8.79. The number of para-hydroxylation sites is 1. The van der Waals surface area contributed by atoms with Crippen LogP contribution in [0.3, 0.4) is 0 Å². The molecular formula is C35H40ClN5O4. The van der Waals surface area contributed by atoms with E-state index in [-0.39, 0.29) is 17.6 Å². The fourth-order valence-electron chi connectivity index (χ4n) is 6.62. The van der Waals surface area contributed by atoms with E-state index >= 15 is 0 Å². The Labute approximate surface area is 268 Å². The first-order valence-electron chi connectivity index (χ1n) is 15.6. The number of amides is 1. The predicted molar refractivity (Wildman–Crippen MR) is 177 cm³/mol. The van der Waals surface area contributed by atoms with Crippen LogP contribution in [0.5, 0.6) is 0 Å². The second kappa shape index (κ2) is 12.4. The van der Waals surface area contributed by atoms with E-state index in [2.05, 4.69) is 26.9 Å². The molecule has 10 heteroatoms. The molecule has 3 heterocycles. The summed E-state index contributed by atoms with van der Waals surface area (Å²) in [6.45, 7) is 9.42. The van der Waals surface area contributed by atoms with Gasteiger partial charge in [0.25, 0.3) is 0 Å². The zero-order valence-electron chi connectivity index (χ0n) is 26.1. The molecule has 2 fully saturated rings. The fraction of sp³-hybridized carbons (Fsp3) is 0.400. The Hall–Kier alpha value is -4.08. The van der Waals surface area contributed by atoms with Gasteiger partial charge < -0.3 is 24.4 Å². The number of anilines is 1. The number of hydrogen-bond acceptors (Lipinski definition) is 6. The molecule has 3 aromatic carbocycles. The average Bonchev–Trinajstić information content (AvgIpc) is 3.46. The topological polar surface area (TPSA) is 90.9 Å². The number of benzene rings is 3. The lowest BCUT2D eigenvalue weighted by Gasteiger charge is -2.43. The van der Waals surface area contributed by atoms with Crippen LogP contribution in [-0.4, -0.2) is 68.7 Å². The highest BCUT2D eigenvalue weighted by atomic mass is 35.5. The summed E-state index contributed by atoms with van der Waals surface area (Å²) < 4.78 is 7.32. The molecule has 9 nitrogen and oxygen atoms in total. The second-order valence-corrected chi connectivity index (χ2v) is 13.5. The van der Waals surface area contributed by atoms with Crippen molar-refractivity contribution in [2.45, 2.75) is 64.3 Å². The number of piperidine rings is 1. The van der Waals surface area contributed by atoms with E-state index in [9.17, 15) is 14.4 Å². The van der Waals surface area contributed by atoms with Crippen molar-refractivity contribution >= 4 is 40.2 Å². The number of aromatic amines is 1. The minimum Gasteiger partial charge on any atom is -0.456 e. The van der Waals surface area contributed by atoms with Gasteiger partial charge in [-0.2, -0.15) is 0 Å². The third-order valence-corrected chi connectivity index (χ3v) is 9.03. The summed E-state index contributed by atoms with van der Waals surface area (Å²) in [4.78, 5) is 49.0. The van der Waals surface area contributed by atoms with Gasteiger partial charge in [-0.05, 0) is 94.6 Å². The van der Waals surface area contributed by atoms with Crippen LogP contribution in [0.1, 0.15) is 56.0 Å². The summed E-state index contributed by atoms with van der Waals surface area (Å²) in [5, 5.41) is 0.602. The number of fused-ring (bicyclic) bond motifs is 1. The van der Waals surface area contributed by atoms with Crippen LogP contribution in [0.4, 0.5) is 5.69 Å². The fourth-order valence-corrected chi connectivity index (χ4v) is 6.79. The van der Waals surface area contributed by atoms with Crippen molar-refractivity contribution < 1.29 is 14.3 Å². The van der Waals surface area contributed by atoms with E-state index in [0.29, 0.717) is 43.2 Å². The summed E-state index contributed by atoms with van der Waals surface area (Å²) in [5.74, 6) is -0.249. The molecule has 0 aliphatic carbocycles. The van der Waals surface area contributed by atoms with Gasteiger partial charge in [0.05, 0.1) is 23.3 Å². The van der Waals surface area contributed by atoms with Crippen LogP contribution in [0.2, 0.25) is 5.02 Å². The Balaban J connectivity index is 1.14. The number of nitrogens with zero attached hydrogens (tertiary/aromatic N) is 4. The molecule has 1 aromatic heterocycles. The quantitative estimate of drug-likeness (QED) is 0.253. The van der Waals surface area contributed by atoms with Crippen LogP contribution in [0.25, 0.3) is 11.0 Å². The zero-order valence-corrected chi connectivity index (χ0v) is 26.8. The number of H-pyrrole nitrogens is 1. The number of nitrogens with one attached hydrogen (secondary N) is 1. The van der Waals surface area contributed by atoms with Gasteiger partial charge in [0.1, 0.15) is 11.1 Å². The third kappa shape index (κ3) is 6.51. The number of halogens is 1. The maximum Gasteiger partial charge on any atom is 0.338 e. The first-order chi connectivity index (χ1) is 21.5. The van der Waals surface area contributed by atoms with E-state index in [1.165, 1.54) is 0 Å². The smallest absolute Gasteiger partial charge is 0.338 e. The molecule has 2 saturated heterocycles. The standard InChI is InChI=1S/C35H40ClN5O4/c1-34(2,3)45-31(42)26-10-7-9-25(21-26)23-39-24-41(28-11-5-4-6-12-28)35(32(39)43)15-19-38(20-16-35)17-8-18-40-30-22-27(36)13-14-29(30)37-33(40)44/h4-7,9-14,21-22H,8,15-20,23-24H2,1-3H3,(H,37,44). The number of hydrogen-bond donors (Lipinski definition) is 1. The molecule has 236 valence electrons. The molecule has 2 aliphatic rings. The Morgan fingerprint density at radius 2 is 1.71 bits per heavy atom. The summed E-state index contributed by atoms with van der Waals surface area (Å²) in [6, 6.07) is 23.0. The van der Waals surface area contributed by atoms with Gasteiger partial charge in [0, 0.05) is 36.9 Å². The van der Waals surface area contributed by atoms with Crippen molar-refractivity contribution in [2.24, 2.45) is 0 Å². The molecule has 0 saturated carbocycles. The molecule has 6 rings (SSSR count). The van der Waals surface area contributed by atoms with Gasteiger partial charge in [-0.3, -0.25) is 9.36 Å². The average molecular weight is 630 g/mol. The first-order valence-corrected chi connectivity index (χ1v) is 15.9. The monoisotopic (exact) mass is 629 g/mol. The number of esters is 1. The van der Waals surface area contributed by atoms with E-state index in [1.54, 1.807) is 16.7 Å². The van der Waals surface area contributed by atoms with E-state index in [1.807, 2.05) is 74.2 Å². The second-order valence-electron chi connectivity index (χ2n) is 13.1. The van der Waals surface area contributed by atoms with E-state index in [0.717, 1.165) is 48.3 Å². The molecule has 2 aliphatic heterocycles. The van der Waals surface area contributed by atoms with Gasteiger partial charge in [-0.15, -0.1) is 0 Å². The first kappa shape index (κ1) is 30.9. The molecule has 45 heavy (non-hydrogen) atoms. The maximum absolute atomic E-state index is 14.3. The summed E-state index contributed by atoms with van der Waals surface area (Å²) >= 11 is 6.19. The van der Waals surface area contributed by atoms with Crippen LogP contribution in [0, 0.1) is 0 Å². The molecule has 1 N–H and O–H groups in total. The summed E-state index contributed by atoms with van der Waals surface area (Å²) in [6.07, 6.45) is 2.22. The molecular weight excluding hydrogens is 590 g/mol. The summed E-state index contributed by atoms with van der Waals surface area (Å²) in [7, 11) is 0. The highest BCUT2D eigenvalue weighted by molar-refractivity contribution is 6.31. The lowest BCUT2D eigenvalue weighted by Crippen LogP contribution is -2.56. The van der Waals surface area contributed by atoms with Gasteiger partial charge in [-0.25, -0.2) is 9.59 Å². The Kier molecular flexibility index (Phi) is 8.50. The van der Waals surface area contributed by atoms with Crippen molar-refractivity contribution in [2.75, 3.05) is 31.2 Å². The van der Waals surface area contributed by atoms with Crippen molar-refractivity contribution in [1.82, 2.24) is 19.4 Å². The van der Waals surface area contributed by atoms with Crippen molar-refractivity contribution in [3.05, 3.63) is 99.4 Å². The number of ether oxygens (including phenoxy) is 1. The highest BCUT2D eigenvalue weighted by Gasteiger charge is 2.53. The van der Waals surface area contributed by atoms with Gasteiger partial charge >= 0.3 is 11.7 Å². The van der Waals surface area contributed by atoms with Gasteiger partial charge in [0.2, 0.25) is 5.91 Å². The van der Waals surface area contributed by atoms with Crippen molar-refractivity contribution in [1.29, 1.82) is 0 Å². The molecule has 0 bridgehead atoms. The Bertz CT molecular complexity index is 1750. The number of likely N-dealkylation sites (tertiary alicyclic amines) is 1. The van der Waals surface area contributed by atoms with Crippen LogP contribution < -0.4 is 10.6 Å². The normalized spacial score (nSPS) is 17.0. The number of carbonyl (C=O) groups excluding carboxylic acids is 2. The Morgan fingerprint density at radius 3 is 2.44 bits per heavy atom. The lowest BCUT2D eigenvalue weighted by atomic mass is 9.85. The van der Waals surface area contributed by atoms with E-state index < -0.39 is 11.1 Å².